The highest BCUT2D eigenvalue weighted by Crippen LogP contribution is 2.24. The number of aromatic amines is 1. The largest absolute Gasteiger partial charge is 0.284 e. The van der Waals surface area contributed by atoms with E-state index in [4.69, 9.17) is 11.6 Å². The highest BCUT2D eigenvalue weighted by Gasteiger charge is 2.24. The molecule has 2 aromatic rings. The molecule has 0 aromatic carbocycles. The third-order valence-electron chi connectivity index (χ3n) is 2.42. The van der Waals surface area contributed by atoms with Crippen LogP contribution in [-0.2, 0) is 16.6 Å². The molecule has 0 fully saturated rings. The Labute approximate surface area is 114 Å². The van der Waals surface area contributed by atoms with Gasteiger partial charge < -0.3 is 0 Å². The molecule has 0 bridgehead atoms. The highest BCUT2D eigenvalue weighted by molar-refractivity contribution is 7.89. The first-order valence-electron chi connectivity index (χ1n) is 5.27. The lowest BCUT2D eigenvalue weighted by Crippen LogP contribution is -2.29. The first-order chi connectivity index (χ1) is 8.54. The molecule has 98 valence electrons. The molecule has 0 saturated carbocycles. The lowest BCUT2D eigenvalue weighted by atomic mass is 10.4. The highest BCUT2D eigenvalue weighted by atomic mass is 35.5. The van der Waals surface area contributed by atoms with Crippen LogP contribution in [0.15, 0.2) is 29.4 Å². The van der Waals surface area contributed by atoms with E-state index in [1.165, 1.54) is 28.0 Å². The Kier molecular flexibility index (Phi) is 4.06. The molecule has 0 amide bonds. The Hall–Kier alpha value is -0.890. The Morgan fingerprint density at radius 3 is 2.78 bits per heavy atom. The van der Waals surface area contributed by atoms with E-state index < -0.39 is 10.0 Å². The average Bonchev–Trinajstić information content (AvgIpc) is 2.96. The molecule has 5 nitrogen and oxygen atoms in total. The smallest absolute Gasteiger partial charge is 0.246 e. The summed E-state index contributed by atoms with van der Waals surface area (Å²) in [6.45, 7) is 2.51. The van der Waals surface area contributed by atoms with E-state index in [9.17, 15) is 8.42 Å². The van der Waals surface area contributed by atoms with Gasteiger partial charge in [-0.05, 0) is 12.1 Å². The monoisotopic (exact) mass is 305 g/mol. The van der Waals surface area contributed by atoms with Crippen LogP contribution >= 0.6 is 22.9 Å². The van der Waals surface area contributed by atoms with Gasteiger partial charge in [-0.3, -0.25) is 5.10 Å². The summed E-state index contributed by atoms with van der Waals surface area (Å²) in [5.74, 6) is 0. The molecule has 1 N–H and O–H groups in total. The molecule has 8 heteroatoms. The summed E-state index contributed by atoms with van der Waals surface area (Å²) in [6, 6.07) is 3.60. The van der Waals surface area contributed by atoms with Crippen molar-refractivity contribution in [3.8, 4) is 0 Å². The van der Waals surface area contributed by atoms with Gasteiger partial charge in [0.2, 0.25) is 10.0 Å². The predicted octanol–water partition coefficient (Wildman–Crippen LogP) is 2.34. The maximum Gasteiger partial charge on any atom is 0.246 e. The zero-order valence-electron chi connectivity index (χ0n) is 9.63. The average molecular weight is 306 g/mol. The van der Waals surface area contributed by atoms with E-state index in [0.717, 1.165) is 4.88 Å². The lowest BCUT2D eigenvalue weighted by molar-refractivity contribution is 0.426. The van der Waals surface area contributed by atoms with Crippen LogP contribution in [0.2, 0.25) is 4.34 Å². The van der Waals surface area contributed by atoms with E-state index in [0.29, 0.717) is 17.4 Å². The summed E-state index contributed by atoms with van der Waals surface area (Å²) in [5, 5.41) is 6.18. The van der Waals surface area contributed by atoms with Crippen molar-refractivity contribution < 1.29 is 8.42 Å². The van der Waals surface area contributed by atoms with Crippen molar-refractivity contribution in [2.75, 3.05) is 6.54 Å². The van der Waals surface area contributed by atoms with Gasteiger partial charge in [0, 0.05) is 24.2 Å². The summed E-state index contributed by atoms with van der Waals surface area (Å²) in [6.07, 6.45) is 2.68. The summed E-state index contributed by atoms with van der Waals surface area (Å²) in [4.78, 5) is 1.08. The molecule has 0 radical (unpaired) electrons. The van der Waals surface area contributed by atoms with Crippen LogP contribution in [0.3, 0.4) is 0 Å². The molecule has 18 heavy (non-hydrogen) atoms. The van der Waals surface area contributed by atoms with Crippen molar-refractivity contribution in [3.05, 3.63) is 33.7 Å². The molecular formula is C10H12ClN3O2S2. The van der Waals surface area contributed by atoms with Crippen LogP contribution in [0.5, 0.6) is 0 Å². The van der Waals surface area contributed by atoms with Gasteiger partial charge in [-0.15, -0.1) is 11.3 Å². The molecule has 0 aliphatic rings. The van der Waals surface area contributed by atoms with Crippen LogP contribution in [0.25, 0.3) is 0 Å². The Morgan fingerprint density at radius 1 is 1.50 bits per heavy atom. The number of hydrogen-bond acceptors (Lipinski definition) is 4. The standard InChI is InChI=1S/C10H12ClN3O2S2/c1-2-14(7-8-3-4-10(11)17-8)18(15,16)9-5-12-13-6-9/h3-6H,2,7H2,1H3,(H,12,13). The molecule has 0 aliphatic carbocycles. The number of aromatic nitrogens is 2. The first-order valence-corrected chi connectivity index (χ1v) is 7.90. The van der Waals surface area contributed by atoms with Crippen LogP contribution in [0, 0.1) is 0 Å². The van der Waals surface area contributed by atoms with Crippen molar-refractivity contribution in [2.45, 2.75) is 18.4 Å². The Balaban J connectivity index is 2.24. The fourth-order valence-corrected chi connectivity index (χ4v) is 4.03. The topological polar surface area (TPSA) is 66.1 Å². The van der Waals surface area contributed by atoms with E-state index >= 15 is 0 Å². The fraction of sp³-hybridized carbons (Fsp3) is 0.300. The second kappa shape index (κ2) is 5.40. The number of hydrogen-bond donors (Lipinski definition) is 1. The third kappa shape index (κ3) is 2.74. The molecular weight excluding hydrogens is 294 g/mol. The van der Waals surface area contributed by atoms with E-state index in [-0.39, 0.29) is 4.90 Å². The molecule has 2 aromatic heterocycles. The van der Waals surface area contributed by atoms with Gasteiger partial charge in [0.25, 0.3) is 0 Å². The van der Waals surface area contributed by atoms with Crippen LogP contribution < -0.4 is 0 Å². The maximum atomic E-state index is 12.3. The van der Waals surface area contributed by atoms with Gasteiger partial charge >= 0.3 is 0 Å². The molecule has 2 heterocycles. The maximum absolute atomic E-state index is 12.3. The SMILES string of the molecule is CCN(Cc1ccc(Cl)s1)S(=O)(=O)c1cn[nH]c1. The number of H-pyrrole nitrogens is 1. The van der Waals surface area contributed by atoms with Gasteiger partial charge in [0.15, 0.2) is 0 Å². The van der Waals surface area contributed by atoms with Crippen LogP contribution in [0.1, 0.15) is 11.8 Å². The minimum absolute atomic E-state index is 0.173. The second-order valence-corrected chi connectivity index (χ2v) is 7.31. The van der Waals surface area contributed by atoms with Gasteiger partial charge in [-0.25, -0.2) is 8.42 Å². The lowest BCUT2D eigenvalue weighted by Gasteiger charge is -2.18. The van der Waals surface area contributed by atoms with E-state index in [1.807, 2.05) is 6.07 Å². The van der Waals surface area contributed by atoms with Crippen molar-refractivity contribution in [2.24, 2.45) is 0 Å². The summed E-state index contributed by atoms with van der Waals surface area (Å²) >= 11 is 7.22. The number of nitrogens with zero attached hydrogens (tertiary/aromatic N) is 2. The van der Waals surface area contributed by atoms with E-state index in [1.54, 1.807) is 13.0 Å². The third-order valence-corrected chi connectivity index (χ3v) is 5.53. The Morgan fingerprint density at radius 2 is 2.28 bits per heavy atom. The summed E-state index contributed by atoms with van der Waals surface area (Å²) < 4.78 is 26.6. The number of halogens is 1. The second-order valence-electron chi connectivity index (χ2n) is 3.57. The number of rotatable bonds is 5. The van der Waals surface area contributed by atoms with Crippen LogP contribution in [0.4, 0.5) is 0 Å². The molecule has 0 atom stereocenters. The minimum Gasteiger partial charge on any atom is -0.284 e. The zero-order valence-corrected chi connectivity index (χ0v) is 12.0. The molecule has 2 rings (SSSR count). The first kappa shape index (κ1) is 13.5. The van der Waals surface area contributed by atoms with Gasteiger partial charge in [0.05, 0.1) is 10.5 Å². The summed E-state index contributed by atoms with van der Waals surface area (Å²) in [7, 11) is -3.49. The number of thiophene rings is 1. The molecule has 0 spiro atoms. The number of nitrogens with one attached hydrogen (secondary N) is 1. The summed E-state index contributed by atoms with van der Waals surface area (Å²) in [5.41, 5.74) is 0. The Bertz CT molecular complexity index is 607. The molecule has 0 aliphatic heterocycles. The molecule has 0 unspecified atom stereocenters. The van der Waals surface area contributed by atoms with Gasteiger partial charge in [-0.2, -0.15) is 9.40 Å². The van der Waals surface area contributed by atoms with Crippen molar-refractivity contribution >= 4 is 33.0 Å². The number of sulfonamides is 1. The fourth-order valence-electron chi connectivity index (χ4n) is 1.51. The van der Waals surface area contributed by atoms with Crippen LogP contribution in [-0.4, -0.2) is 29.5 Å². The van der Waals surface area contributed by atoms with Crippen molar-refractivity contribution in [1.82, 2.24) is 14.5 Å². The van der Waals surface area contributed by atoms with Crippen molar-refractivity contribution in [1.29, 1.82) is 0 Å². The van der Waals surface area contributed by atoms with Gasteiger partial charge in [0.1, 0.15) is 4.90 Å². The predicted molar refractivity (Wildman–Crippen MR) is 71.2 cm³/mol. The quantitative estimate of drug-likeness (QED) is 0.922. The van der Waals surface area contributed by atoms with Gasteiger partial charge in [-0.1, -0.05) is 18.5 Å². The minimum atomic E-state index is -3.49. The zero-order chi connectivity index (χ0) is 13.2. The van der Waals surface area contributed by atoms with E-state index in [2.05, 4.69) is 10.2 Å². The van der Waals surface area contributed by atoms with Crippen molar-refractivity contribution in [3.63, 3.8) is 0 Å². The molecule has 0 saturated heterocycles. The normalized spacial score (nSPS) is 12.2.